The second kappa shape index (κ2) is 7.25. The Labute approximate surface area is 112 Å². The summed E-state index contributed by atoms with van der Waals surface area (Å²) in [5, 5.41) is 3.32. The van der Waals surface area contributed by atoms with E-state index in [1.165, 1.54) is 0 Å². The number of pyridine rings is 1. The van der Waals surface area contributed by atoms with Gasteiger partial charge in [-0.3, -0.25) is 4.79 Å². The maximum atomic E-state index is 11.7. The first-order valence-electron chi connectivity index (χ1n) is 5.41. The Bertz CT molecular complexity index is 390. The largest absolute Gasteiger partial charge is 0.317 e. The summed E-state index contributed by atoms with van der Waals surface area (Å²) in [5.74, 6) is 0. The van der Waals surface area contributed by atoms with Crippen molar-refractivity contribution in [3.63, 3.8) is 0 Å². The maximum absolute atomic E-state index is 11.7. The molecule has 1 aromatic heterocycles. The number of nitrogens with one attached hydrogen (secondary N) is 1. The zero-order chi connectivity index (χ0) is 12.0. The summed E-state index contributed by atoms with van der Waals surface area (Å²) < 4.78 is 3.24. The Morgan fingerprint density at radius 2 is 2.12 bits per heavy atom. The van der Waals surface area contributed by atoms with Crippen molar-refractivity contribution in [2.75, 3.05) is 13.1 Å². The number of hydrogen-bond acceptors (Lipinski definition) is 2. The lowest BCUT2D eigenvalue weighted by Gasteiger charge is -2.07. The zero-order valence-electron chi connectivity index (χ0n) is 9.30. The molecule has 0 aliphatic rings. The average Bonchev–Trinajstić information content (AvgIpc) is 2.24. The molecule has 0 bridgehead atoms. The van der Waals surface area contributed by atoms with Crippen LogP contribution in [0.15, 0.2) is 26.0 Å². The molecule has 0 aromatic carbocycles. The molecular weight excluding hydrogens is 336 g/mol. The molecule has 0 spiro atoms. The lowest BCUT2D eigenvalue weighted by Crippen LogP contribution is -2.23. The molecule has 0 unspecified atom stereocenters. The third-order valence-electron chi connectivity index (χ3n) is 2.19. The highest BCUT2D eigenvalue weighted by Crippen LogP contribution is 2.12. The minimum absolute atomic E-state index is 0.0266. The third-order valence-corrected chi connectivity index (χ3v) is 3.19. The number of aryl methyl sites for hydroxylation is 1. The van der Waals surface area contributed by atoms with Crippen LogP contribution < -0.4 is 10.9 Å². The standard InChI is InChI=1S/C11H16Br2N2O/c1-2-4-14-5-3-6-15-8-9(12)7-10(13)11(15)16/h7-8,14H,2-6H2,1H3. The predicted molar refractivity (Wildman–Crippen MR) is 73.9 cm³/mol. The molecule has 0 fully saturated rings. The van der Waals surface area contributed by atoms with Crippen LogP contribution in [0.3, 0.4) is 0 Å². The van der Waals surface area contributed by atoms with Crippen LogP contribution in [0.5, 0.6) is 0 Å². The van der Waals surface area contributed by atoms with Gasteiger partial charge in [0.25, 0.3) is 5.56 Å². The lowest BCUT2D eigenvalue weighted by atomic mass is 10.3. The molecule has 0 aliphatic heterocycles. The molecule has 1 rings (SSSR count). The maximum Gasteiger partial charge on any atom is 0.264 e. The van der Waals surface area contributed by atoms with Crippen molar-refractivity contribution in [2.24, 2.45) is 0 Å². The summed E-state index contributed by atoms with van der Waals surface area (Å²) in [6, 6.07) is 1.77. The van der Waals surface area contributed by atoms with Crippen LogP contribution in [-0.2, 0) is 6.54 Å². The monoisotopic (exact) mass is 350 g/mol. The first-order chi connectivity index (χ1) is 7.65. The normalized spacial score (nSPS) is 10.7. The highest BCUT2D eigenvalue weighted by Gasteiger charge is 2.02. The Morgan fingerprint density at radius 1 is 1.38 bits per heavy atom. The van der Waals surface area contributed by atoms with Crippen LogP contribution in [0.25, 0.3) is 0 Å². The number of halogens is 2. The number of rotatable bonds is 6. The van der Waals surface area contributed by atoms with Gasteiger partial charge in [-0.15, -0.1) is 0 Å². The Hall–Kier alpha value is -0.130. The van der Waals surface area contributed by atoms with Gasteiger partial charge in [-0.1, -0.05) is 6.92 Å². The summed E-state index contributed by atoms with van der Waals surface area (Å²) in [7, 11) is 0. The summed E-state index contributed by atoms with van der Waals surface area (Å²) in [6.07, 6.45) is 3.93. The van der Waals surface area contributed by atoms with Crippen molar-refractivity contribution >= 4 is 31.9 Å². The van der Waals surface area contributed by atoms with Gasteiger partial charge in [0, 0.05) is 17.2 Å². The van der Waals surface area contributed by atoms with Crippen molar-refractivity contribution in [2.45, 2.75) is 26.3 Å². The molecule has 90 valence electrons. The van der Waals surface area contributed by atoms with Gasteiger partial charge in [-0.2, -0.15) is 0 Å². The molecule has 1 N–H and O–H groups in total. The summed E-state index contributed by atoms with van der Waals surface area (Å²) in [5.41, 5.74) is 0.0266. The molecule has 5 heteroatoms. The first-order valence-corrected chi connectivity index (χ1v) is 7.00. The minimum Gasteiger partial charge on any atom is -0.317 e. The van der Waals surface area contributed by atoms with Gasteiger partial charge in [0.15, 0.2) is 0 Å². The van der Waals surface area contributed by atoms with E-state index in [0.717, 1.165) is 36.9 Å². The quantitative estimate of drug-likeness (QED) is 0.799. The molecule has 0 amide bonds. The van der Waals surface area contributed by atoms with Crippen molar-refractivity contribution < 1.29 is 0 Å². The van der Waals surface area contributed by atoms with Gasteiger partial charge in [-0.25, -0.2) is 0 Å². The van der Waals surface area contributed by atoms with E-state index in [4.69, 9.17) is 0 Å². The van der Waals surface area contributed by atoms with Crippen molar-refractivity contribution in [3.8, 4) is 0 Å². The smallest absolute Gasteiger partial charge is 0.264 e. The molecule has 0 radical (unpaired) electrons. The molecule has 0 saturated carbocycles. The van der Waals surface area contributed by atoms with Gasteiger partial charge < -0.3 is 9.88 Å². The second-order valence-corrected chi connectivity index (χ2v) is 5.38. The van der Waals surface area contributed by atoms with E-state index in [0.29, 0.717) is 4.47 Å². The number of hydrogen-bond donors (Lipinski definition) is 1. The Kier molecular flexibility index (Phi) is 6.31. The Morgan fingerprint density at radius 3 is 2.81 bits per heavy atom. The van der Waals surface area contributed by atoms with Gasteiger partial charge in [0.2, 0.25) is 0 Å². The van der Waals surface area contributed by atoms with E-state index in [1.807, 2.05) is 6.20 Å². The zero-order valence-corrected chi connectivity index (χ0v) is 12.5. The van der Waals surface area contributed by atoms with Crippen LogP contribution in [0.2, 0.25) is 0 Å². The highest BCUT2D eigenvalue weighted by molar-refractivity contribution is 9.11. The number of aromatic nitrogens is 1. The average molecular weight is 352 g/mol. The van der Waals surface area contributed by atoms with Crippen LogP contribution in [0, 0.1) is 0 Å². The second-order valence-electron chi connectivity index (χ2n) is 3.61. The van der Waals surface area contributed by atoms with Gasteiger partial charge in [-0.05, 0) is 63.9 Å². The summed E-state index contributed by atoms with van der Waals surface area (Å²) in [6.45, 7) is 4.87. The highest BCUT2D eigenvalue weighted by atomic mass is 79.9. The van der Waals surface area contributed by atoms with Crippen LogP contribution in [0.1, 0.15) is 19.8 Å². The molecular formula is C11H16Br2N2O. The van der Waals surface area contributed by atoms with E-state index in [2.05, 4.69) is 44.1 Å². The summed E-state index contributed by atoms with van der Waals surface area (Å²) in [4.78, 5) is 11.7. The fourth-order valence-electron chi connectivity index (χ4n) is 1.41. The van der Waals surface area contributed by atoms with E-state index in [9.17, 15) is 4.79 Å². The number of nitrogens with zero attached hydrogens (tertiary/aromatic N) is 1. The molecule has 16 heavy (non-hydrogen) atoms. The molecule has 0 saturated heterocycles. The molecule has 1 aromatic rings. The van der Waals surface area contributed by atoms with Crippen molar-refractivity contribution in [1.82, 2.24) is 9.88 Å². The van der Waals surface area contributed by atoms with Crippen molar-refractivity contribution in [1.29, 1.82) is 0 Å². The van der Waals surface area contributed by atoms with Gasteiger partial charge >= 0.3 is 0 Å². The van der Waals surface area contributed by atoms with Gasteiger partial charge in [0.1, 0.15) is 0 Å². The molecule has 1 heterocycles. The fourth-order valence-corrected chi connectivity index (χ4v) is 2.66. The SMILES string of the molecule is CCCNCCCn1cc(Br)cc(Br)c1=O. The fraction of sp³-hybridized carbons (Fsp3) is 0.545. The van der Waals surface area contributed by atoms with Crippen LogP contribution in [0.4, 0.5) is 0 Å². The molecule has 3 nitrogen and oxygen atoms in total. The molecule has 0 aliphatic carbocycles. The topological polar surface area (TPSA) is 34.0 Å². The van der Waals surface area contributed by atoms with Crippen molar-refractivity contribution in [3.05, 3.63) is 31.6 Å². The molecule has 0 atom stereocenters. The Balaban J connectivity index is 2.51. The summed E-state index contributed by atoms with van der Waals surface area (Å²) >= 11 is 6.63. The third kappa shape index (κ3) is 4.39. The van der Waals surface area contributed by atoms with E-state index >= 15 is 0 Å². The van der Waals surface area contributed by atoms with Crippen LogP contribution in [-0.4, -0.2) is 17.7 Å². The van der Waals surface area contributed by atoms with E-state index in [-0.39, 0.29) is 5.56 Å². The lowest BCUT2D eigenvalue weighted by molar-refractivity contribution is 0.566. The predicted octanol–water partition coefficient (Wildman–Crippen LogP) is 2.76. The van der Waals surface area contributed by atoms with Crippen LogP contribution >= 0.6 is 31.9 Å². The van der Waals surface area contributed by atoms with E-state index < -0.39 is 0 Å². The van der Waals surface area contributed by atoms with E-state index in [1.54, 1.807) is 10.6 Å². The van der Waals surface area contributed by atoms with Gasteiger partial charge in [0.05, 0.1) is 4.47 Å². The first kappa shape index (κ1) is 13.9. The minimum atomic E-state index is 0.0266.